The van der Waals surface area contributed by atoms with Gasteiger partial charge in [-0.05, 0) is 29.8 Å². The number of nitrogens with zero attached hydrogens (tertiary/aromatic N) is 1. The minimum Gasteiger partial charge on any atom is -0.497 e. The standard InChI is InChI=1S/C19H18N2O5/c1-24-13-8-11(9-14(10-13)25-2)16-15-17(19(23)20-18(15)22)26-21(16)12-6-4-3-5-7-12/h3-10,15-17H,1-2H3,(H,20,22,23). The summed E-state index contributed by atoms with van der Waals surface area (Å²) < 4.78 is 10.7. The number of carbonyl (C=O) groups excluding carboxylic acids is 2. The number of hydrogen-bond acceptors (Lipinski definition) is 6. The van der Waals surface area contributed by atoms with E-state index in [1.807, 2.05) is 42.5 Å². The van der Waals surface area contributed by atoms with Crippen LogP contribution in [0.1, 0.15) is 11.6 Å². The summed E-state index contributed by atoms with van der Waals surface area (Å²) in [5.41, 5.74) is 1.52. The van der Waals surface area contributed by atoms with E-state index in [9.17, 15) is 9.59 Å². The van der Waals surface area contributed by atoms with Crippen molar-refractivity contribution < 1.29 is 23.9 Å². The largest absolute Gasteiger partial charge is 0.497 e. The van der Waals surface area contributed by atoms with Crippen molar-refractivity contribution in [3.05, 3.63) is 54.1 Å². The Morgan fingerprint density at radius 2 is 1.62 bits per heavy atom. The molecule has 0 radical (unpaired) electrons. The van der Waals surface area contributed by atoms with Crippen molar-refractivity contribution in [1.82, 2.24) is 5.32 Å². The number of nitrogens with one attached hydrogen (secondary N) is 1. The topological polar surface area (TPSA) is 77.1 Å². The van der Waals surface area contributed by atoms with Gasteiger partial charge in [-0.1, -0.05) is 18.2 Å². The Hall–Kier alpha value is -3.06. The van der Waals surface area contributed by atoms with Crippen molar-refractivity contribution in [3.63, 3.8) is 0 Å². The molecule has 2 aliphatic rings. The number of imide groups is 1. The minimum absolute atomic E-state index is 0.342. The van der Waals surface area contributed by atoms with Crippen molar-refractivity contribution in [1.29, 1.82) is 0 Å². The number of hydroxylamine groups is 1. The zero-order valence-corrected chi connectivity index (χ0v) is 14.3. The van der Waals surface area contributed by atoms with Gasteiger partial charge in [0.15, 0.2) is 6.10 Å². The zero-order valence-electron chi connectivity index (χ0n) is 14.3. The molecule has 3 unspecified atom stereocenters. The lowest BCUT2D eigenvalue weighted by Crippen LogP contribution is -2.33. The SMILES string of the molecule is COc1cc(OC)cc(C2C3C(=O)NC(=O)C3ON2c2ccccc2)c1. The molecule has 7 nitrogen and oxygen atoms in total. The van der Waals surface area contributed by atoms with Crippen LogP contribution in [0.5, 0.6) is 11.5 Å². The van der Waals surface area contributed by atoms with Gasteiger partial charge in [0, 0.05) is 6.07 Å². The first kappa shape index (κ1) is 16.4. The third-order valence-electron chi connectivity index (χ3n) is 4.68. The lowest BCUT2D eigenvalue weighted by Gasteiger charge is -2.27. The Bertz CT molecular complexity index is 832. The maximum atomic E-state index is 12.4. The minimum atomic E-state index is -0.857. The lowest BCUT2D eigenvalue weighted by atomic mass is 9.90. The summed E-state index contributed by atoms with van der Waals surface area (Å²) in [7, 11) is 3.13. The molecule has 0 aliphatic carbocycles. The van der Waals surface area contributed by atoms with E-state index in [1.54, 1.807) is 25.3 Å². The van der Waals surface area contributed by atoms with Gasteiger partial charge < -0.3 is 9.47 Å². The molecule has 2 aliphatic heterocycles. The number of rotatable bonds is 4. The predicted octanol–water partition coefficient (Wildman–Crippen LogP) is 1.84. The molecule has 0 bridgehead atoms. The fraction of sp³-hybridized carbons (Fsp3) is 0.263. The molecule has 7 heteroatoms. The first-order chi connectivity index (χ1) is 12.6. The summed E-state index contributed by atoms with van der Waals surface area (Å²) in [6, 6.07) is 14.3. The molecule has 2 saturated heterocycles. The number of carbonyl (C=O) groups is 2. The average molecular weight is 354 g/mol. The lowest BCUT2D eigenvalue weighted by molar-refractivity contribution is -0.129. The van der Waals surface area contributed by atoms with Crippen molar-refractivity contribution in [2.75, 3.05) is 19.3 Å². The Morgan fingerprint density at radius 1 is 0.962 bits per heavy atom. The van der Waals surface area contributed by atoms with Crippen LogP contribution in [-0.2, 0) is 14.4 Å². The van der Waals surface area contributed by atoms with E-state index in [0.29, 0.717) is 11.5 Å². The van der Waals surface area contributed by atoms with Crippen LogP contribution >= 0.6 is 0 Å². The van der Waals surface area contributed by atoms with Crippen molar-refractivity contribution in [3.8, 4) is 11.5 Å². The van der Waals surface area contributed by atoms with Gasteiger partial charge in [-0.3, -0.25) is 19.7 Å². The molecule has 1 N–H and O–H groups in total. The predicted molar refractivity (Wildman–Crippen MR) is 92.7 cm³/mol. The molecule has 2 fully saturated rings. The molecule has 0 saturated carbocycles. The van der Waals surface area contributed by atoms with Gasteiger partial charge in [0.1, 0.15) is 17.4 Å². The summed E-state index contributed by atoms with van der Waals surface area (Å²) in [5, 5.41) is 3.98. The number of methoxy groups -OCH3 is 2. The maximum absolute atomic E-state index is 12.4. The Kier molecular flexibility index (Phi) is 4.00. The summed E-state index contributed by atoms with van der Waals surface area (Å²) in [5.74, 6) is -0.218. The second kappa shape index (κ2) is 6.34. The van der Waals surface area contributed by atoms with Crippen LogP contribution in [0.4, 0.5) is 5.69 Å². The first-order valence-corrected chi connectivity index (χ1v) is 8.21. The number of hydrogen-bond donors (Lipinski definition) is 1. The molecule has 2 amide bonds. The normalized spacial score (nSPS) is 24.4. The number of anilines is 1. The van der Waals surface area contributed by atoms with Gasteiger partial charge in [0.05, 0.1) is 25.9 Å². The van der Waals surface area contributed by atoms with Crippen LogP contribution in [0.15, 0.2) is 48.5 Å². The van der Waals surface area contributed by atoms with E-state index in [1.165, 1.54) is 0 Å². The van der Waals surface area contributed by atoms with Gasteiger partial charge in [-0.25, -0.2) is 5.06 Å². The molecular formula is C19H18N2O5. The Morgan fingerprint density at radius 3 is 2.23 bits per heavy atom. The van der Waals surface area contributed by atoms with E-state index in [-0.39, 0.29) is 5.91 Å². The monoisotopic (exact) mass is 354 g/mol. The summed E-state index contributed by atoms with van der Waals surface area (Å²) in [4.78, 5) is 30.5. The van der Waals surface area contributed by atoms with E-state index in [2.05, 4.69) is 5.32 Å². The molecule has 0 aromatic heterocycles. The molecule has 4 rings (SSSR count). The molecule has 3 atom stereocenters. The highest BCUT2D eigenvalue weighted by Gasteiger charge is 2.56. The van der Waals surface area contributed by atoms with Crippen LogP contribution in [0.3, 0.4) is 0 Å². The number of para-hydroxylation sites is 1. The number of benzene rings is 2. The second-order valence-electron chi connectivity index (χ2n) is 6.16. The first-order valence-electron chi connectivity index (χ1n) is 8.21. The van der Waals surface area contributed by atoms with E-state index in [0.717, 1.165) is 11.3 Å². The summed E-state index contributed by atoms with van der Waals surface area (Å²) in [6.45, 7) is 0. The third kappa shape index (κ3) is 2.57. The van der Waals surface area contributed by atoms with Gasteiger partial charge in [0.2, 0.25) is 5.91 Å². The van der Waals surface area contributed by atoms with Crippen molar-refractivity contribution in [2.45, 2.75) is 12.1 Å². The fourth-order valence-corrected chi connectivity index (χ4v) is 3.47. The van der Waals surface area contributed by atoms with Crippen LogP contribution in [0, 0.1) is 5.92 Å². The summed E-state index contributed by atoms with van der Waals surface area (Å²) in [6.07, 6.45) is -0.857. The average Bonchev–Trinajstić information content (AvgIpc) is 3.20. The van der Waals surface area contributed by atoms with Gasteiger partial charge in [-0.15, -0.1) is 0 Å². The number of amides is 2. The van der Waals surface area contributed by atoms with Gasteiger partial charge >= 0.3 is 0 Å². The number of fused-ring (bicyclic) bond motifs is 1. The highest BCUT2D eigenvalue weighted by molar-refractivity contribution is 6.07. The maximum Gasteiger partial charge on any atom is 0.259 e. The van der Waals surface area contributed by atoms with Crippen molar-refractivity contribution >= 4 is 17.5 Å². The Labute approximate surface area is 150 Å². The van der Waals surface area contributed by atoms with Crippen LogP contribution in [-0.4, -0.2) is 32.1 Å². The Balaban J connectivity index is 1.84. The van der Waals surface area contributed by atoms with E-state index >= 15 is 0 Å². The molecule has 0 spiro atoms. The van der Waals surface area contributed by atoms with E-state index in [4.69, 9.17) is 14.3 Å². The molecule has 2 aromatic rings. The number of ether oxygens (including phenoxy) is 2. The molecule has 134 valence electrons. The fourth-order valence-electron chi connectivity index (χ4n) is 3.47. The zero-order chi connectivity index (χ0) is 18.3. The molecule has 26 heavy (non-hydrogen) atoms. The van der Waals surface area contributed by atoms with Crippen LogP contribution in [0.2, 0.25) is 0 Å². The molecular weight excluding hydrogens is 336 g/mol. The smallest absolute Gasteiger partial charge is 0.259 e. The van der Waals surface area contributed by atoms with Gasteiger partial charge in [0.25, 0.3) is 5.91 Å². The molecule has 2 heterocycles. The highest BCUT2D eigenvalue weighted by atomic mass is 16.7. The highest BCUT2D eigenvalue weighted by Crippen LogP contribution is 2.45. The second-order valence-corrected chi connectivity index (χ2v) is 6.16. The van der Waals surface area contributed by atoms with Crippen LogP contribution in [0.25, 0.3) is 0 Å². The van der Waals surface area contributed by atoms with E-state index < -0.39 is 24.0 Å². The van der Waals surface area contributed by atoms with Crippen molar-refractivity contribution in [2.24, 2.45) is 5.92 Å². The van der Waals surface area contributed by atoms with Crippen LogP contribution < -0.4 is 19.9 Å². The quantitative estimate of drug-likeness (QED) is 0.845. The van der Waals surface area contributed by atoms with Gasteiger partial charge in [-0.2, -0.15) is 0 Å². The summed E-state index contributed by atoms with van der Waals surface area (Å²) >= 11 is 0. The third-order valence-corrected chi connectivity index (χ3v) is 4.68. The molecule has 2 aromatic carbocycles.